The lowest BCUT2D eigenvalue weighted by atomic mass is 10.0. The predicted molar refractivity (Wildman–Crippen MR) is 114 cm³/mol. The number of rotatable bonds is 4. The van der Waals surface area contributed by atoms with Crippen LogP contribution in [0.5, 0.6) is 0 Å². The number of thiazole rings is 1. The monoisotopic (exact) mass is 436 g/mol. The van der Waals surface area contributed by atoms with Gasteiger partial charge in [0.25, 0.3) is 0 Å². The van der Waals surface area contributed by atoms with E-state index in [2.05, 4.69) is 6.92 Å². The van der Waals surface area contributed by atoms with Gasteiger partial charge in [-0.05, 0) is 48.6 Å². The first-order valence-corrected chi connectivity index (χ1v) is 11.9. The summed E-state index contributed by atoms with van der Waals surface area (Å²) in [7, 11) is -3.55. The molecule has 2 heterocycles. The van der Waals surface area contributed by atoms with Gasteiger partial charge in [0.2, 0.25) is 10.0 Å². The van der Waals surface area contributed by atoms with Crippen molar-refractivity contribution in [2.75, 3.05) is 13.1 Å². The number of hydrogen-bond acceptors (Lipinski definition) is 4. The summed E-state index contributed by atoms with van der Waals surface area (Å²) >= 11 is 7.29. The van der Waals surface area contributed by atoms with Crippen molar-refractivity contribution in [1.29, 1.82) is 0 Å². The van der Waals surface area contributed by atoms with Gasteiger partial charge in [0.1, 0.15) is 0 Å². The summed E-state index contributed by atoms with van der Waals surface area (Å²) in [5.41, 5.74) is 1.57. The van der Waals surface area contributed by atoms with Crippen LogP contribution in [0.4, 0.5) is 0 Å². The molecule has 1 aliphatic heterocycles. The molecule has 3 aromatic rings. The lowest BCUT2D eigenvalue weighted by molar-refractivity contribution is 0.281. The molecular weight excluding hydrogens is 416 g/mol. The standard InChI is InChI=1S/C20H21ClN2O3S2/c1-14-5-4-10-22(12-14)28(25,26)16-8-9-18-19(11-16)27-20(24)23(18)13-15-6-2-3-7-17(15)21/h2-3,6-9,11,14H,4-5,10,12-13H2,1H3/t14-/m1/s1. The van der Waals surface area contributed by atoms with Gasteiger partial charge < -0.3 is 0 Å². The van der Waals surface area contributed by atoms with Gasteiger partial charge in [-0.15, -0.1) is 0 Å². The first-order chi connectivity index (χ1) is 13.4. The lowest BCUT2D eigenvalue weighted by Crippen LogP contribution is -2.39. The molecule has 28 heavy (non-hydrogen) atoms. The van der Waals surface area contributed by atoms with Gasteiger partial charge in [0, 0.05) is 18.1 Å². The van der Waals surface area contributed by atoms with Crippen LogP contribution in [-0.4, -0.2) is 30.4 Å². The molecule has 0 spiro atoms. The fraction of sp³-hybridized carbons (Fsp3) is 0.350. The molecule has 0 radical (unpaired) electrons. The van der Waals surface area contributed by atoms with Crippen LogP contribution in [0.2, 0.25) is 5.02 Å². The van der Waals surface area contributed by atoms with Crippen LogP contribution in [0, 0.1) is 5.92 Å². The summed E-state index contributed by atoms with van der Waals surface area (Å²) in [5, 5.41) is 0.604. The molecule has 4 rings (SSSR count). The first kappa shape index (κ1) is 19.6. The van der Waals surface area contributed by atoms with Crippen LogP contribution in [0.25, 0.3) is 10.2 Å². The van der Waals surface area contributed by atoms with Crippen molar-refractivity contribution >= 4 is 43.2 Å². The van der Waals surface area contributed by atoms with E-state index in [0.717, 1.165) is 35.3 Å². The second-order valence-corrected chi connectivity index (χ2v) is 10.6. The molecule has 0 amide bonds. The average molecular weight is 437 g/mol. The van der Waals surface area contributed by atoms with Gasteiger partial charge in [0.05, 0.1) is 21.7 Å². The molecule has 0 N–H and O–H groups in total. The highest BCUT2D eigenvalue weighted by atomic mass is 35.5. The summed E-state index contributed by atoms with van der Waals surface area (Å²) in [6, 6.07) is 12.4. The maximum Gasteiger partial charge on any atom is 0.308 e. The van der Waals surface area contributed by atoms with Crippen LogP contribution in [0.1, 0.15) is 25.3 Å². The molecule has 0 bridgehead atoms. The molecule has 1 atom stereocenters. The van der Waals surface area contributed by atoms with Crippen LogP contribution in [0.3, 0.4) is 0 Å². The van der Waals surface area contributed by atoms with Crippen LogP contribution in [0.15, 0.2) is 52.2 Å². The van der Waals surface area contributed by atoms with Crippen molar-refractivity contribution in [3.8, 4) is 0 Å². The van der Waals surface area contributed by atoms with Gasteiger partial charge in [-0.2, -0.15) is 4.31 Å². The number of fused-ring (bicyclic) bond motifs is 1. The van der Waals surface area contributed by atoms with Crippen molar-refractivity contribution in [2.45, 2.75) is 31.2 Å². The topological polar surface area (TPSA) is 59.4 Å². The maximum atomic E-state index is 13.0. The molecule has 0 unspecified atom stereocenters. The number of sulfonamides is 1. The molecule has 148 valence electrons. The SMILES string of the molecule is C[C@@H]1CCCN(S(=O)(=O)c2ccc3c(c2)sc(=O)n3Cc2ccccc2Cl)C1. The first-order valence-electron chi connectivity index (χ1n) is 9.23. The third-order valence-corrected chi connectivity index (χ3v) is 8.36. The maximum absolute atomic E-state index is 13.0. The van der Waals surface area contributed by atoms with Gasteiger partial charge in [-0.3, -0.25) is 9.36 Å². The molecule has 8 heteroatoms. The van der Waals surface area contributed by atoms with Crippen molar-refractivity contribution in [1.82, 2.24) is 8.87 Å². The molecule has 0 saturated carbocycles. The normalized spacial score (nSPS) is 18.6. The van der Waals surface area contributed by atoms with Crippen molar-refractivity contribution < 1.29 is 8.42 Å². The zero-order chi connectivity index (χ0) is 19.9. The van der Waals surface area contributed by atoms with E-state index >= 15 is 0 Å². The second-order valence-electron chi connectivity index (χ2n) is 7.29. The van der Waals surface area contributed by atoms with Crippen molar-refractivity contribution in [2.24, 2.45) is 5.92 Å². The van der Waals surface area contributed by atoms with Gasteiger partial charge >= 0.3 is 4.87 Å². The Bertz CT molecular complexity index is 1180. The predicted octanol–water partition coefficient (Wildman–Crippen LogP) is 4.19. The Morgan fingerprint density at radius 2 is 2.00 bits per heavy atom. The summed E-state index contributed by atoms with van der Waals surface area (Å²) in [5.74, 6) is 0.361. The Labute approximate surface area is 173 Å². The number of nitrogens with zero attached hydrogens (tertiary/aromatic N) is 2. The Kier molecular flexibility index (Phi) is 5.35. The molecule has 2 aromatic carbocycles. The Morgan fingerprint density at radius 1 is 1.21 bits per heavy atom. The van der Waals surface area contributed by atoms with E-state index in [1.54, 1.807) is 33.1 Å². The third-order valence-electron chi connectivity index (χ3n) is 5.18. The largest absolute Gasteiger partial charge is 0.308 e. The minimum Gasteiger partial charge on any atom is -0.294 e. The highest BCUT2D eigenvalue weighted by Crippen LogP contribution is 2.28. The number of hydrogen-bond donors (Lipinski definition) is 0. The zero-order valence-electron chi connectivity index (χ0n) is 15.5. The highest BCUT2D eigenvalue weighted by molar-refractivity contribution is 7.89. The summed E-state index contributed by atoms with van der Waals surface area (Å²) in [6.45, 7) is 3.53. The third kappa shape index (κ3) is 3.64. The fourth-order valence-corrected chi connectivity index (χ4v) is 6.49. The Balaban J connectivity index is 1.71. The lowest BCUT2D eigenvalue weighted by Gasteiger charge is -2.30. The average Bonchev–Trinajstić information content (AvgIpc) is 2.98. The van der Waals surface area contributed by atoms with E-state index in [4.69, 9.17) is 11.6 Å². The van der Waals surface area contributed by atoms with Gasteiger partial charge in [0.15, 0.2) is 0 Å². The number of piperidine rings is 1. The van der Waals surface area contributed by atoms with E-state index < -0.39 is 10.0 Å². The van der Waals surface area contributed by atoms with Gasteiger partial charge in [-0.1, -0.05) is 48.1 Å². The second kappa shape index (κ2) is 7.63. The van der Waals surface area contributed by atoms with E-state index in [9.17, 15) is 13.2 Å². The van der Waals surface area contributed by atoms with Crippen molar-refractivity contribution in [3.05, 3.63) is 62.7 Å². The summed E-state index contributed by atoms with van der Waals surface area (Å²) < 4.78 is 29.9. The molecule has 1 aromatic heterocycles. The van der Waals surface area contributed by atoms with E-state index in [1.807, 2.05) is 18.2 Å². The van der Waals surface area contributed by atoms with Gasteiger partial charge in [-0.25, -0.2) is 8.42 Å². The summed E-state index contributed by atoms with van der Waals surface area (Å²) in [4.78, 5) is 12.7. The van der Waals surface area contributed by atoms with Crippen LogP contribution >= 0.6 is 22.9 Å². The van der Waals surface area contributed by atoms with Crippen molar-refractivity contribution in [3.63, 3.8) is 0 Å². The molecule has 0 aliphatic carbocycles. The quantitative estimate of drug-likeness (QED) is 0.616. The van der Waals surface area contributed by atoms with E-state index in [-0.39, 0.29) is 9.77 Å². The van der Waals surface area contributed by atoms with E-state index in [0.29, 0.717) is 35.3 Å². The van der Waals surface area contributed by atoms with E-state index in [1.165, 1.54) is 0 Å². The fourth-order valence-electron chi connectivity index (χ4n) is 3.67. The molecule has 1 fully saturated rings. The summed E-state index contributed by atoms with van der Waals surface area (Å²) in [6.07, 6.45) is 1.93. The Morgan fingerprint density at radius 3 is 2.75 bits per heavy atom. The number of aromatic nitrogens is 1. The highest BCUT2D eigenvalue weighted by Gasteiger charge is 2.29. The molecule has 1 aliphatic rings. The molecule has 1 saturated heterocycles. The molecular formula is C20H21ClN2O3S2. The zero-order valence-corrected chi connectivity index (χ0v) is 17.9. The van der Waals surface area contributed by atoms with Crippen LogP contribution in [-0.2, 0) is 16.6 Å². The Hall–Kier alpha value is -1.67. The number of benzene rings is 2. The number of halogens is 1. The minimum absolute atomic E-state index is 0.129. The molecule has 5 nitrogen and oxygen atoms in total. The smallest absolute Gasteiger partial charge is 0.294 e. The minimum atomic E-state index is -3.55. The van der Waals surface area contributed by atoms with Crippen LogP contribution < -0.4 is 4.87 Å².